The van der Waals surface area contributed by atoms with Gasteiger partial charge in [-0.15, -0.1) is 0 Å². The Morgan fingerprint density at radius 2 is 1.57 bits per heavy atom. The van der Waals surface area contributed by atoms with Gasteiger partial charge in [-0.05, 0) is 74.4 Å². The van der Waals surface area contributed by atoms with E-state index in [9.17, 15) is 13.2 Å². The van der Waals surface area contributed by atoms with Crippen molar-refractivity contribution in [2.24, 2.45) is 0 Å². The highest BCUT2D eigenvalue weighted by Gasteiger charge is 2.25. The van der Waals surface area contributed by atoms with Crippen LogP contribution < -0.4 is 25.0 Å². The Morgan fingerprint density at radius 3 is 2.23 bits per heavy atom. The minimum atomic E-state index is -3.90. The van der Waals surface area contributed by atoms with Gasteiger partial charge in [-0.2, -0.15) is 0 Å². The maximum atomic E-state index is 13.5. The van der Waals surface area contributed by atoms with E-state index in [0.29, 0.717) is 28.5 Å². The average Bonchev–Trinajstić information content (AvgIpc) is 3.40. The molecule has 0 bridgehead atoms. The maximum Gasteiger partial charge on any atom is 0.264 e. The molecule has 9 heteroatoms. The number of rotatable bonds is 9. The van der Waals surface area contributed by atoms with Crippen molar-refractivity contribution in [3.63, 3.8) is 0 Å². The number of carbonyl (C=O) groups is 1. The summed E-state index contributed by atoms with van der Waals surface area (Å²) < 4.78 is 34.8. The number of amides is 1. The predicted molar refractivity (Wildman–Crippen MR) is 140 cm³/mol. The number of sulfonamides is 1. The van der Waals surface area contributed by atoms with E-state index in [2.05, 4.69) is 20.3 Å². The molecular weight excluding hydrogens is 464 g/mol. The number of benzene rings is 3. The van der Waals surface area contributed by atoms with Gasteiger partial charge in [0.1, 0.15) is 16.7 Å². The van der Waals surface area contributed by atoms with Crippen molar-refractivity contribution in [3.05, 3.63) is 72.8 Å². The summed E-state index contributed by atoms with van der Waals surface area (Å²) >= 11 is 0. The fourth-order valence-corrected chi connectivity index (χ4v) is 5.31. The lowest BCUT2D eigenvalue weighted by Crippen LogP contribution is -2.32. The molecule has 184 valence electrons. The number of methoxy groups -OCH3 is 1. The number of ether oxygens (including phenoxy) is 1. The highest BCUT2D eigenvalue weighted by Crippen LogP contribution is 2.32. The van der Waals surface area contributed by atoms with Crippen LogP contribution in [0.5, 0.6) is 5.75 Å². The molecule has 0 aromatic heterocycles. The van der Waals surface area contributed by atoms with Crippen LogP contribution in [0.25, 0.3) is 0 Å². The predicted octanol–water partition coefficient (Wildman–Crippen LogP) is 4.54. The Kier molecular flexibility index (Phi) is 7.45. The summed E-state index contributed by atoms with van der Waals surface area (Å²) in [4.78, 5) is 14.9. The fourth-order valence-electron chi connectivity index (χ4n) is 4.00. The summed E-state index contributed by atoms with van der Waals surface area (Å²) in [6.07, 6.45) is 2.03. The smallest absolute Gasteiger partial charge is 0.264 e. The first-order valence-corrected chi connectivity index (χ1v) is 13.0. The van der Waals surface area contributed by atoms with Crippen molar-refractivity contribution in [2.75, 3.05) is 40.5 Å². The monoisotopic (exact) mass is 494 g/mol. The second-order valence-electron chi connectivity index (χ2n) is 8.43. The minimum absolute atomic E-state index is 0.163. The van der Waals surface area contributed by atoms with Crippen molar-refractivity contribution in [2.45, 2.75) is 30.7 Å². The van der Waals surface area contributed by atoms with E-state index in [1.54, 1.807) is 50.4 Å². The minimum Gasteiger partial charge on any atom is -0.497 e. The Morgan fingerprint density at radius 1 is 0.914 bits per heavy atom. The zero-order valence-corrected chi connectivity index (χ0v) is 20.6. The summed E-state index contributed by atoms with van der Waals surface area (Å²) in [7, 11) is -2.34. The lowest BCUT2D eigenvalue weighted by Gasteiger charge is -2.23. The third kappa shape index (κ3) is 6.05. The van der Waals surface area contributed by atoms with Crippen LogP contribution in [0.2, 0.25) is 0 Å². The molecule has 3 aromatic carbocycles. The highest BCUT2D eigenvalue weighted by molar-refractivity contribution is 7.92. The molecule has 1 amide bonds. The zero-order chi connectivity index (χ0) is 24.8. The summed E-state index contributed by atoms with van der Waals surface area (Å²) in [6.45, 7) is 3.33. The number of hydrogen-bond acceptors (Lipinski definition) is 6. The van der Waals surface area contributed by atoms with E-state index in [4.69, 9.17) is 4.74 Å². The van der Waals surface area contributed by atoms with Crippen LogP contribution >= 0.6 is 0 Å². The van der Waals surface area contributed by atoms with Crippen LogP contribution in [0.1, 0.15) is 19.8 Å². The van der Waals surface area contributed by atoms with Crippen LogP contribution in [-0.4, -0.2) is 40.6 Å². The van der Waals surface area contributed by atoms with Crippen LogP contribution in [0.4, 0.5) is 22.7 Å². The molecule has 0 saturated carbocycles. The first-order valence-electron chi connectivity index (χ1n) is 11.5. The second-order valence-corrected chi connectivity index (χ2v) is 10.1. The molecule has 35 heavy (non-hydrogen) atoms. The van der Waals surface area contributed by atoms with Crippen molar-refractivity contribution in [3.8, 4) is 5.75 Å². The van der Waals surface area contributed by atoms with Gasteiger partial charge in [-0.3, -0.25) is 9.52 Å². The van der Waals surface area contributed by atoms with Gasteiger partial charge >= 0.3 is 0 Å². The molecule has 3 N–H and O–H groups in total. The van der Waals surface area contributed by atoms with Gasteiger partial charge in [0, 0.05) is 30.2 Å². The van der Waals surface area contributed by atoms with E-state index in [-0.39, 0.29) is 10.8 Å². The normalized spacial score (nSPS) is 14.3. The summed E-state index contributed by atoms with van der Waals surface area (Å²) in [5, 5.41) is 5.99. The summed E-state index contributed by atoms with van der Waals surface area (Å²) in [5.74, 6) is 0.417. The molecule has 1 heterocycles. The molecule has 0 unspecified atom stereocenters. The van der Waals surface area contributed by atoms with Gasteiger partial charge in [-0.1, -0.05) is 18.2 Å². The van der Waals surface area contributed by atoms with Crippen molar-refractivity contribution in [1.29, 1.82) is 0 Å². The van der Waals surface area contributed by atoms with E-state index >= 15 is 0 Å². The quantitative estimate of drug-likeness (QED) is 0.404. The van der Waals surface area contributed by atoms with E-state index < -0.39 is 16.1 Å². The van der Waals surface area contributed by atoms with Crippen LogP contribution in [0.3, 0.4) is 0 Å². The first kappa shape index (κ1) is 24.4. The zero-order valence-electron chi connectivity index (χ0n) is 19.8. The molecule has 4 rings (SSSR count). The Balaban J connectivity index is 1.58. The standard InChI is InChI=1S/C26H30N4O4S/c1-19(26(31)28-20-8-4-3-5-9-20)27-22-12-15-24(30-16-6-7-17-30)25(18-22)35(32,33)29-21-10-13-23(34-2)14-11-21/h3-5,8-15,18-19,27,29H,6-7,16-17H2,1-2H3,(H,28,31)/t19-/m1/s1. The van der Waals surface area contributed by atoms with Gasteiger partial charge < -0.3 is 20.3 Å². The number of nitrogens with one attached hydrogen (secondary N) is 3. The first-order chi connectivity index (χ1) is 16.9. The van der Waals surface area contributed by atoms with Crippen LogP contribution in [0.15, 0.2) is 77.7 Å². The Bertz CT molecular complexity index is 1260. The number of hydrogen-bond donors (Lipinski definition) is 3. The van der Waals surface area contributed by atoms with E-state index in [1.165, 1.54) is 0 Å². The van der Waals surface area contributed by atoms with Gasteiger partial charge in [0.25, 0.3) is 10.0 Å². The summed E-state index contributed by atoms with van der Waals surface area (Å²) in [5.41, 5.74) is 2.32. The second kappa shape index (κ2) is 10.7. The molecule has 8 nitrogen and oxygen atoms in total. The van der Waals surface area contributed by atoms with E-state index in [0.717, 1.165) is 25.9 Å². The van der Waals surface area contributed by atoms with Crippen LogP contribution in [-0.2, 0) is 14.8 Å². The number of anilines is 4. The van der Waals surface area contributed by atoms with Gasteiger partial charge in [0.05, 0.1) is 12.8 Å². The Hall–Kier alpha value is -3.72. The third-order valence-corrected chi connectivity index (χ3v) is 7.27. The molecule has 0 radical (unpaired) electrons. The molecule has 1 aliphatic heterocycles. The lowest BCUT2D eigenvalue weighted by atomic mass is 10.2. The molecule has 1 saturated heterocycles. The average molecular weight is 495 g/mol. The molecule has 1 aliphatic rings. The van der Waals surface area contributed by atoms with Crippen molar-refractivity contribution < 1.29 is 17.9 Å². The van der Waals surface area contributed by atoms with Gasteiger partial charge in [0.2, 0.25) is 5.91 Å². The van der Waals surface area contributed by atoms with Gasteiger partial charge in [0.15, 0.2) is 0 Å². The molecular formula is C26H30N4O4S. The lowest BCUT2D eigenvalue weighted by molar-refractivity contribution is -0.116. The number of nitrogens with zero attached hydrogens (tertiary/aromatic N) is 1. The van der Waals surface area contributed by atoms with Crippen molar-refractivity contribution >= 4 is 38.7 Å². The highest BCUT2D eigenvalue weighted by atomic mass is 32.2. The SMILES string of the molecule is COc1ccc(NS(=O)(=O)c2cc(N[C@H](C)C(=O)Nc3ccccc3)ccc2N2CCCC2)cc1. The van der Waals surface area contributed by atoms with Crippen LogP contribution in [0, 0.1) is 0 Å². The van der Waals surface area contributed by atoms with E-state index in [1.807, 2.05) is 36.4 Å². The molecule has 0 aliphatic carbocycles. The molecule has 1 fully saturated rings. The van der Waals surface area contributed by atoms with Crippen molar-refractivity contribution in [1.82, 2.24) is 0 Å². The third-order valence-electron chi connectivity index (χ3n) is 5.86. The fraction of sp³-hybridized carbons (Fsp3) is 0.269. The maximum absolute atomic E-state index is 13.5. The molecule has 0 spiro atoms. The topological polar surface area (TPSA) is 99.8 Å². The Labute approximate surface area is 206 Å². The number of carbonyl (C=O) groups excluding carboxylic acids is 1. The summed E-state index contributed by atoms with van der Waals surface area (Å²) in [6, 6.07) is 20.5. The van der Waals surface area contributed by atoms with Gasteiger partial charge in [-0.25, -0.2) is 8.42 Å². The largest absolute Gasteiger partial charge is 0.497 e. The molecule has 1 atom stereocenters. The number of para-hydroxylation sites is 1. The molecule has 3 aromatic rings.